The van der Waals surface area contributed by atoms with Gasteiger partial charge in [0, 0.05) is 44.5 Å². The van der Waals surface area contributed by atoms with E-state index in [0.29, 0.717) is 23.7 Å². The SMILES string of the molecule is O=C(NCCCN1CCN(c2ccccc2)CC1)c1cc(-c2ccco2)nn1-c1ccccc1. The van der Waals surface area contributed by atoms with Gasteiger partial charge in [-0.3, -0.25) is 9.69 Å². The first kappa shape index (κ1) is 22.0. The van der Waals surface area contributed by atoms with Crippen LogP contribution in [0.2, 0.25) is 0 Å². The second kappa shape index (κ2) is 10.4. The van der Waals surface area contributed by atoms with Gasteiger partial charge in [0.25, 0.3) is 5.91 Å². The van der Waals surface area contributed by atoms with Crippen molar-refractivity contribution >= 4 is 11.6 Å². The normalized spacial score (nSPS) is 14.3. The smallest absolute Gasteiger partial charge is 0.270 e. The number of hydrogen-bond donors (Lipinski definition) is 1. The van der Waals surface area contributed by atoms with Crippen LogP contribution in [0.4, 0.5) is 5.69 Å². The van der Waals surface area contributed by atoms with E-state index in [9.17, 15) is 4.79 Å². The predicted octanol–water partition coefficient (Wildman–Crippen LogP) is 4.07. The minimum absolute atomic E-state index is 0.136. The summed E-state index contributed by atoms with van der Waals surface area (Å²) in [7, 11) is 0. The molecule has 0 bridgehead atoms. The van der Waals surface area contributed by atoms with Gasteiger partial charge in [-0.1, -0.05) is 36.4 Å². The van der Waals surface area contributed by atoms with Crippen molar-refractivity contribution < 1.29 is 9.21 Å². The standard InChI is InChI=1S/C27H29N5O2/c33-27(28-14-8-15-30-16-18-31(19-17-30)22-9-3-1-4-10-22)25-21-24(26-13-7-20-34-26)29-32(25)23-11-5-2-6-12-23/h1-7,9-13,20-21H,8,14-19H2,(H,28,33). The molecular formula is C27H29N5O2. The van der Waals surface area contributed by atoms with Crippen molar-refractivity contribution in [3.05, 3.63) is 90.8 Å². The first-order valence-corrected chi connectivity index (χ1v) is 11.8. The molecule has 0 aliphatic carbocycles. The van der Waals surface area contributed by atoms with Crippen LogP contribution in [0.5, 0.6) is 0 Å². The number of hydrogen-bond acceptors (Lipinski definition) is 5. The number of benzene rings is 2. The van der Waals surface area contributed by atoms with Crippen molar-refractivity contribution in [1.82, 2.24) is 20.0 Å². The fraction of sp³-hybridized carbons (Fsp3) is 0.259. The molecule has 34 heavy (non-hydrogen) atoms. The highest BCUT2D eigenvalue weighted by Gasteiger charge is 2.19. The highest BCUT2D eigenvalue weighted by atomic mass is 16.3. The summed E-state index contributed by atoms with van der Waals surface area (Å²) in [5.41, 5.74) is 3.25. The number of piperazine rings is 1. The molecule has 7 nitrogen and oxygen atoms in total. The van der Waals surface area contributed by atoms with Crippen molar-refractivity contribution in [3.8, 4) is 17.1 Å². The number of aromatic nitrogens is 2. The molecule has 1 saturated heterocycles. The minimum atomic E-state index is -0.136. The summed E-state index contributed by atoms with van der Waals surface area (Å²) in [4.78, 5) is 17.9. The van der Waals surface area contributed by atoms with Crippen LogP contribution in [0, 0.1) is 0 Å². The van der Waals surface area contributed by atoms with Gasteiger partial charge in [-0.15, -0.1) is 0 Å². The van der Waals surface area contributed by atoms with Gasteiger partial charge in [-0.25, -0.2) is 4.68 Å². The lowest BCUT2D eigenvalue weighted by Gasteiger charge is -2.36. The molecule has 3 heterocycles. The zero-order chi connectivity index (χ0) is 23.2. The lowest BCUT2D eigenvalue weighted by atomic mass is 10.2. The van der Waals surface area contributed by atoms with Crippen molar-refractivity contribution in [1.29, 1.82) is 0 Å². The minimum Gasteiger partial charge on any atom is -0.463 e. The first-order valence-electron chi connectivity index (χ1n) is 11.8. The van der Waals surface area contributed by atoms with Gasteiger partial charge in [0.05, 0.1) is 12.0 Å². The highest BCUT2D eigenvalue weighted by Crippen LogP contribution is 2.22. The molecule has 0 saturated carbocycles. The van der Waals surface area contributed by atoms with E-state index in [0.717, 1.165) is 44.8 Å². The maximum atomic E-state index is 13.0. The largest absolute Gasteiger partial charge is 0.463 e. The summed E-state index contributed by atoms with van der Waals surface area (Å²) < 4.78 is 7.17. The van der Waals surface area contributed by atoms with Crippen LogP contribution in [-0.4, -0.2) is 59.9 Å². The molecule has 1 fully saturated rings. The summed E-state index contributed by atoms with van der Waals surface area (Å²) in [6.07, 6.45) is 2.51. The van der Waals surface area contributed by atoms with Gasteiger partial charge < -0.3 is 14.6 Å². The zero-order valence-electron chi connectivity index (χ0n) is 19.1. The average molecular weight is 456 g/mol. The molecule has 5 rings (SSSR count). The fourth-order valence-electron chi connectivity index (χ4n) is 4.32. The van der Waals surface area contributed by atoms with Crippen molar-refractivity contribution in [3.63, 3.8) is 0 Å². The van der Waals surface area contributed by atoms with E-state index in [1.54, 1.807) is 17.0 Å². The number of carbonyl (C=O) groups excluding carboxylic acids is 1. The Morgan fingerprint density at radius 3 is 2.26 bits per heavy atom. The van der Waals surface area contributed by atoms with Crippen LogP contribution in [0.3, 0.4) is 0 Å². The maximum absolute atomic E-state index is 13.0. The molecule has 2 aromatic carbocycles. The molecule has 0 unspecified atom stereocenters. The number of nitrogens with zero attached hydrogens (tertiary/aromatic N) is 4. The molecule has 7 heteroatoms. The van der Waals surface area contributed by atoms with E-state index in [2.05, 4.69) is 50.5 Å². The van der Waals surface area contributed by atoms with E-state index >= 15 is 0 Å². The third kappa shape index (κ3) is 5.05. The van der Waals surface area contributed by atoms with Crippen LogP contribution < -0.4 is 10.2 Å². The van der Waals surface area contributed by atoms with E-state index in [-0.39, 0.29) is 5.91 Å². The summed E-state index contributed by atoms with van der Waals surface area (Å²) in [5, 5.41) is 7.70. The van der Waals surface area contributed by atoms with E-state index in [1.165, 1.54) is 5.69 Å². The molecule has 1 aliphatic rings. The molecule has 1 aliphatic heterocycles. The van der Waals surface area contributed by atoms with Crippen molar-refractivity contribution in [2.24, 2.45) is 0 Å². The van der Waals surface area contributed by atoms with Crippen LogP contribution in [-0.2, 0) is 0 Å². The van der Waals surface area contributed by atoms with Gasteiger partial charge in [0.15, 0.2) is 5.76 Å². The fourth-order valence-corrected chi connectivity index (χ4v) is 4.32. The summed E-state index contributed by atoms with van der Waals surface area (Å²) in [6.45, 7) is 5.73. The third-order valence-electron chi connectivity index (χ3n) is 6.15. The van der Waals surface area contributed by atoms with E-state index in [1.807, 2.05) is 42.5 Å². The summed E-state index contributed by atoms with van der Waals surface area (Å²) in [6, 6.07) is 25.7. The van der Waals surface area contributed by atoms with Crippen LogP contribution >= 0.6 is 0 Å². The van der Waals surface area contributed by atoms with E-state index < -0.39 is 0 Å². The Morgan fingerprint density at radius 2 is 1.59 bits per heavy atom. The molecule has 174 valence electrons. The monoisotopic (exact) mass is 455 g/mol. The quantitative estimate of drug-likeness (QED) is 0.406. The average Bonchev–Trinajstić information content (AvgIpc) is 3.59. The van der Waals surface area contributed by atoms with Crippen LogP contribution in [0.15, 0.2) is 89.5 Å². The summed E-state index contributed by atoms with van der Waals surface area (Å²) >= 11 is 0. The lowest BCUT2D eigenvalue weighted by molar-refractivity contribution is 0.0943. The Hall–Kier alpha value is -3.84. The predicted molar refractivity (Wildman–Crippen MR) is 133 cm³/mol. The molecule has 0 spiro atoms. The second-order valence-corrected chi connectivity index (χ2v) is 8.41. The number of carbonyl (C=O) groups is 1. The number of furan rings is 1. The molecule has 0 radical (unpaired) electrons. The Kier molecular flexibility index (Phi) is 6.72. The topological polar surface area (TPSA) is 66.5 Å². The van der Waals surface area contributed by atoms with Crippen molar-refractivity contribution in [2.75, 3.05) is 44.2 Å². The number of rotatable bonds is 8. The Morgan fingerprint density at radius 1 is 0.882 bits per heavy atom. The third-order valence-corrected chi connectivity index (χ3v) is 6.15. The number of amides is 1. The number of nitrogens with one attached hydrogen (secondary N) is 1. The van der Waals surface area contributed by atoms with Crippen LogP contribution in [0.25, 0.3) is 17.1 Å². The molecule has 2 aromatic heterocycles. The Bertz CT molecular complexity index is 1180. The van der Waals surface area contributed by atoms with Gasteiger partial charge in [-0.05, 0) is 49.4 Å². The zero-order valence-corrected chi connectivity index (χ0v) is 19.1. The van der Waals surface area contributed by atoms with Gasteiger partial charge in [0.2, 0.25) is 0 Å². The van der Waals surface area contributed by atoms with Gasteiger partial charge in [-0.2, -0.15) is 5.10 Å². The maximum Gasteiger partial charge on any atom is 0.270 e. The number of anilines is 1. The molecule has 4 aromatic rings. The van der Waals surface area contributed by atoms with Gasteiger partial charge >= 0.3 is 0 Å². The first-order chi connectivity index (χ1) is 16.8. The highest BCUT2D eigenvalue weighted by molar-refractivity contribution is 5.94. The molecule has 1 amide bonds. The molecule has 0 atom stereocenters. The van der Waals surface area contributed by atoms with Crippen molar-refractivity contribution in [2.45, 2.75) is 6.42 Å². The van der Waals surface area contributed by atoms with E-state index in [4.69, 9.17) is 4.42 Å². The summed E-state index contributed by atoms with van der Waals surface area (Å²) in [5.74, 6) is 0.501. The second-order valence-electron chi connectivity index (χ2n) is 8.41. The molecule has 1 N–H and O–H groups in total. The Labute approximate surface area is 199 Å². The van der Waals surface area contributed by atoms with Crippen LogP contribution in [0.1, 0.15) is 16.9 Å². The Balaban J connectivity index is 1.15. The number of para-hydroxylation sites is 2. The van der Waals surface area contributed by atoms with Gasteiger partial charge in [0.1, 0.15) is 11.4 Å². The molecular weight excluding hydrogens is 426 g/mol. The lowest BCUT2D eigenvalue weighted by Crippen LogP contribution is -2.47.